The number of methoxy groups -OCH3 is 1. The summed E-state index contributed by atoms with van der Waals surface area (Å²) in [6.45, 7) is 1.19. The average molecular weight is 467 g/mol. The first-order valence-corrected chi connectivity index (χ1v) is 12.3. The number of amides is 1. The molecule has 31 heavy (non-hydrogen) atoms. The van der Waals surface area contributed by atoms with Gasteiger partial charge in [-0.1, -0.05) is 0 Å². The van der Waals surface area contributed by atoms with E-state index in [9.17, 15) is 17.6 Å². The van der Waals surface area contributed by atoms with Gasteiger partial charge in [0.1, 0.15) is 11.6 Å². The van der Waals surface area contributed by atoms with Crippen LogP contribution in [0.4, 0.5) is 4.39 Å². The van der Waals surface area contributed by atoms with Crippen LogP contribution in [-0.4, -0.2) is 57.8 Å². The van der Waals surface area contributed by atoms with E-state index in [1.807, 2.05) is 0 Å². The number of carbonyl (C=O) groups is 1. The number of nitrogens with zero attached hydrogens (tertiary/aromatic N) is 1. The highest BCUT2D eigenvalue weighted by atomic mass is 32.2. The second kappa shape index (κ2) is 9.15. The molecular weight excluding hydrogens is 443 g/mol. The number of fused-ring (bicyclic) bond motifs is 1. The van der Waals surface area contributed by atoms with Crippen molar-refractivity contribution in [3.8, 4) is 5.75 Å². The first kappa shape index (κ1) is 22.1. The lowest BCUT2D eigenvalue weighted by molar-refractivity contribution is 0.0730. The number of hydrogen-bond acceptors (Lipinski definition) is 6. The van der Waals surface area contributed by atoms with Crippen molar-refractivity contribution in [3.05, 3.63) is 53.3 Å². The van der Waals surface area contributed by atoms with E-state index in [4.69, 9.17) is 9.47 Å². The molecule has 2 aromatic carbocycles. The van der Waals surface area contributed by atoms with Gasteiger partial charge < -0.3 is 14.8 Å². The lowest BCUT2D eigenvalue weighted by Gasteiger charge is -2.27. The Morgan fingerprint density at radius 2 is 2.00 bits per heavy atom. The van der Waals surface area contributed by atoms with Gasteiger partial charge >= 0.3 is 0 Å². The molecule has 1 atom stereocenters. The Labute approximate surface area is 185 Å². The zero-order valence-electron chi connectivity index (χ0n) is 17.0. The third-order valence-electron chi connectivity index (χ3n) is 5.34. The summed E-state index contributed by atoms with van der Waals surface area (Å²) in [4.78, 5) is 14.1. The van der Waals surface area contributed by atoms with Crippen LogP contribution in [-0.2, 0) is 14.8 Å². The third kappa shape index (κ3) is 4.57. The number of hydrogen-bond donors (Lipinski definition) is 1. The maximum atomic E-state index is 13.8. The fourth-order valence-corrected chi connectivity index (χ4v) is 6.25. The number of thioether (sulfide) groups is 1. The number of halogens is 1. The number of carbonyl (C=O) groups excluding carboxylic acids is 1. The lowest BCUT2D eigenvalue weighted by Crippen LogP contribution is -2.40. The van der Waals surface area contributed by atoms with Gasteiger partial charge in [0.25, 0.3) is 5.91 Å². The van der Waals surface area contributed by atoms with Crippen LogP contribution in [0.1, 0.15) is 28.4 Å². The molecule has 166 valence electrons. The van der Waals surface area contributed by atoms with Crippen molar-refractivity contribution in [1.82, 2.24) is 9.62 Å². The molecule has 1 unspecified atom stereocenters. The normalized spacial score (nSPS) is 19.5. The van der Waals surface area contributed by atoms with E-state index in [1.165, 1.54) is 41.7 Å². The number of sulfonamides is 1. The van der Waals surface area contributed by atoms with Crippen LogP contribution in [0.2, 0.25) is 0 Å². The molecule has 1 saturated heterocycles. The molecule has 1 N–H and O–H groups in total. The molecule has 0 radical (unpaired) electrons. The molecule has 0 saturated carbocycles. The lowest BCUT2D eigenvalue weighted by atomic mass is 10.0. The summed E-state index contributed by atoms with van der Waals surface area (Å²) >= 11 is 1.62. The second-order valence-electron chi connectivity index (χ2n) is 7.22. The van der Waals surface area contributed by atoms with E-state index in [0.29, 0.717) is 19.6 Å². The Bertz CT molecular complexity index is 1090. The molecule has 2 heterocycles. The summed E-state index contributed by atoms with van der Waals surface area (Å²) in [5.74, 6) is 0.217. The van der Waals surface area contributed by atoms with Crippen LogP contribution >= 0.6 is 11.8 Å². The van der Waals surface area contributed by atoms with Gasteiger partial charge in [0.05, 0.1) is 36.8 Å². The highest BCUT2D eigenvalue weighted by Gasteiger charge is 2.29. The molecule has 0 aliphatic carbocycles. The van der Waals surface area contributed by atoms with Gasteiger partial charge in [-0.25, -0.2) is 12.8 Å². The standard InChI is InChI=1S/C21H23FN2O5S2/c1-28-19-4-3-15(31(26,27)24-7-9-29-10-8-24)13-17(19)21(25)23-18-6-11-30-20-5-2-14(22)12-16(18)20/h2-5,12-13,18H,6-11H2,1H3,(H,23,25). The molecule has 0 spiro atoms. The van der Waals surface area contributed by atoms with Crippen molar-refractivity contribution >= 4 is 27.7 Å². The van der Waals surface area contributed by atoms with Crippen molar-refractivity contribution in [2.45, 2.75) is 22.3 Å². The maximum Gasteiger partial charge on any atom is 0.255 e. The minimum absolute atomic E-state index is 0.0194. The highest BCUT2D eigenvalue weighted by Crippen LogP contribution is 2.37. The van der Waals surface area contributed by atoms with Gasteiger partial charge in [-0.3, -0.25) is 4.79 Å². The van der Waals surface area contributed by atoms with Gasteiger partial charge in [0.15, 0.2) is 0 Å². The van der Waals surface area contributed by atoms with Gasteiger partial charge in [-0.05, 0) is 48.4 Å². The molecule has 4 rings (SSSR count). The van der Waals surface area contributed by atoms with Crippen LogP contribution in [0.3, 0.4) is 0 Å². The number of benzene rings is 2. The Morgan fingerprint density at radius 3 is 2.74 bits per heavy atom. The second-order valence-corrected chi connectivity index (χ2v) is 10.3. The van der Waals surface area contributed by atoms with E-state index >= 15 is 0 Å². The van der Waals surface area contributed by atoms with Gasteiger partial charge in [0, 0.05) is 23.7 Å². The highest BCUT2D eigenvalue weighted by molar-refractivity contribution is 7.99. The quantitative estimate of drug-likeness (QED) is 0.730. The predicted molar refractivity (Wildman–Crippen MR) is 115 cm³/mol. The summed E-state index contributed by atoms with van der Waals surface area (Å²) in [7, 11) is -2.34. The van der Waals surface area contributed by atoms with Gasteiger partial charge in [-0.15, -0.1) is 11.8 Å². The molecule has 0 bridgehead atoms. The van der Waals surface area contributed by atoms with Crippen LogP contribution < -0.4 is 10.1 Å². The SMILES string of the molecule is COc1ccc(S(=O)(=O)N2CCOCC2)cc1C(=O)NC1CCSc2ccc(F)cc21. The Balaban J connectivity index is 1.63. The summed E-state index contributed by atoms with van der Waals surface area (Å²) in [5.41, 5.74) is 0.841. The summed E-state index contributed by atoms with van der Waals surface area (Å²) < 4.78 is 51.7. The average Bonchev–Trinajstić information content (AvgIpc) is 2.79. The Kier molecular flexibility index (Phi) is 6.52. The molecule has 1 amide bonds. The summed E-state index contributed by atoms with van der Waals surface area (Å²) in [6, 6.07) is 8.42. The zero-order chi connectivity index (χ0) is 22.0. The zero-order valence-corrected chi connectivity index (χ0v) is 18.6. The number of nitrogens with one attached hydrogen (secondary N) is 1. The first-order chi connectivity index (χ1) is 14.9. The van der Waals surface area contributed by atoms with Crippen molar-refractivity contribution in [2.24, 2.45) is 0 Å². The number of morpholine rings is 1. The fraction of sp³-hybridized carbons (Fsp3) is 0.381. The van der Waals surface area contributed by atoms with Crippen LogP contribution in [0.25, 0.3) is 0 Å². The molecule has 0 aromatic heterocycles. The molecule has 1 fully saturated rings. The smallest absolute Gasteiger partial charge is 0.255 e. The van der Waals surface area contributed by atoms with E-state index in [0.717, 1.165) is 16.2 Å². The van der Waals surface area contributed by atoms with Crippen LogP contribution in [0.15, 0.2) is 46.2 Å². The minimum Gasteiger partial charge on any atom is -0.496 e. The van der Waals surface area contributed by atoms with Gasteiger partial charge in [-0.2, -0.15) is 4.31 Å². The Morgan fingerprint density at radius 1 is 1.23 bits per heavy atom. The van der Waals surface area contributed by atoms with Crippen LogP contribution in [0.5, 0.6) is 5.75 Å². The first-order valence-electron chi connectivity index (χ1n) is 9.89. The molecule has 2 aromatic rings. The molecule has 7 nitrogen and oxygen atoms in total. The Hall–Kier alpha value is -2.14. The summed E-state index contributed by atoms with van der Waals surface area (Å²) in [5, 5.41) is 2.92. The largest absolute Gasteiger partial charge is 0.496 e. The summed E-state index contributed by atoms with van der Waals surface area (Å²) in [6.07, 6.45) is 0.640. The topological polar surface area (TPSA) is 84.9 Å². The van der Waals surface area contributed by atoms with E-state index in [1.54, 1.807) is 17.8 Å². The number of rotatable bonds is 5. The van der Waals surface area contributed by atoms with Crippen molar-refractivity contribution in [2.75, 3.05) is 39.2 Å². The molecule has 10 heteroatoms. The van der Waals surface area contributed by atoms with E-state index in [2.05, 4.69) is 5.32 Å². The number of ether oxygens (including phenoxy) is 2. The third-order valence-corrected chi connectivity index (χ3v) is 8.36. The monoisotopic (exact) mass is 466 g/mol. The predicted octanol–water partition coefficient (Wildman–Crippen LogP) is 2.82. The molecular formula is C21H23FN2O5S2. The minimum atomic E-state index is -3.77. The molecule has 2 aliphatic heterocycles. The van der Waals surface area contributed by atoms with Crippen molar-refractivity contribution in [1.29, 1.82) is 0 Å². The maximum absolute atomic E-state index is 13.8. The van der Waals surface area contributed by atoms with Gasteiger partial charge in [0.2, 0.25) is 10.0 Å². The molecule has 2 aliphatic rings. The van der Waals surface area contributed by atoms with Crippen molar-refractivity contribution < 1.29 is 27.1 Å². The van der Waals surface area contributed by atoms with E-state index < -0.39 is 15.9 Å². The van der Waals surface area contributed by atoms with Crippen LogP contribution in [0, 0.1) is 5.82 Å². The van der Waals surface area contributed by atoms with Crippen molar-refractivity contribution in [3.63, 3.8) is 0 Å². The fourth-order valence-electron chi connectivity index (χ4n) is 3.71. The van der Waals surface area contributed by atoms with E-state index in [-0.39, 0.29) is 41.2 Å².